The van der Waals surface area contributed by atoms with Gasteiger partial charge in [-0.25, -0.2) is 17.6 Å². The van der Waals surface area contributed by atoms with Crippen molar-refractivity contribution in [2.45, 2.75) is 19.0 Å². The highest BCUT2D eigenvalue weighted by molar-refractivity contribution is 5.99. The third-order valence-electron chi connectivity index (χ3n) is 4.44. The summed E-state index contributed by atoms with van der Waals surface area (Å²) in [7, 11) is 1.45. The number of nitrogens with zero attached hydrogens (tertiary/aromatic N) is 1. The van der Waals surface area contributed by atoms with Gasteiger partial charge in [-0.05, 0) is 17.7 Å². The van der Waals surface area contributed by atoms with Gasteiger partial charge in [0.05, 0.1) is 31.7 Å². The molecule has 1 atom stereocenters. The first kappa shape index (κ1) is 18.7. The van der Waals surface area contributed by atoms with E-state index in [2.05, 4.69) is 0 Å². The highest BCUT2D eigenvalue weighted by Gasteiger charge is 2.41. The van der Waals surface area contributed by atoms with Crippen LogP contribution in [-0.4, -0.2) is 23.8 Å². The third-order valence-corrected chi connectivity index (χ3v) is 4.44. The molecule has 0 bridgehead atoms. The number of rotatable bonds is 5. The second kappa shape index (κ2) is 6.90. The molecule has 3 rings (SSSR count). The Labute approximate surface area is 151 Å². The second-order valence-electron chi connectivity index (χ2n) is 6.00. The molecule has 2 N–H and O–H groups in total. The summed E-state index contributed by atoms with van der Waals surface area (Å²) in [5, 5.41) is 0. The molecule has 142 valence electrons. The van der Waals surface area contributed by atoms with Crippen molar-refractivity contribution in [3.05, 3.63) is 64.2 Å². The summed E-state index contributed by atoms with van der Waals surface area (Å²) in [6, 6.07) is 5.26. The predicted molar refractivity (Wildman–Crippen MR) is 85.7 cm³/mol. The van der Waals surface area contributed by atoms with Crippen LogP contribution in [0, 0.1) is 23.3 Å². The molecule has 0 aromatic heterocycles. The monoisotopic (exact) mass is 382 g/mol. The molecule has 5 nitrogen and oxygen atoms in total. The molecule has 0 fully saturated rings. The predicted octanol–water partition coefficient (Wildman–Crippen LogP) is 2.82. The third kappa shape index (κ3) is 3.09. The number of halogens is 4. The largest absolute Gasteiger partial charge is 0.497 e. The number of methoxy groups -OCH3 is 1. The Hall–Kier alpha value is -3.10. The van der Waals surface area contributed by atoms with E-state index < -0.39 is 58.8 Å². The zero-order chi connectivity index (χ0) is 19.9. The van der Waals surface area contributed by atoms with Crippen LogP contribution in [0.2, 0.25) is 0 Å². The van der Waals surface area contributed by atoms with Gasteiger partial charge in [0.15, 0.2) is 23.3 Å². The van der Waals surface area contributed by atoms with Crippen molar-refractivity contribution in [2.24, 2.45) is 5.73 Å². The molecule has 2 aromatic rings. The average Bonchev–Trinajstić information content (AvgIpc) is 3.00. The van der Waals surface area contributed by atoms with Crippen molar-refractivity contribution in [2.75, 3.05) is 7.11 Å². The van der Waals surface area contributed by atoms with E-state index in [0.29, 0.717) is 11.3 Å². The van der Waals surface area contributed by atoms with Crippen LogP contribution in [0.4, 0.5) is 17.6 Å². The smallest absolute Gasteiger partial charge is 0.258 e. The topological polar surface area (TPSA) is 72.6 Å². The number of primary amides is 1. The molecular weight excluding hydrogens is 368 g/mol. The van der Waals surface area contributed by atoms with Crippen LogP contribution in [0.25, 0.3) is 0 Å². The lowest BCUT2D eigenvalue weighted by atomic mass is 10.0. The van der Waals surface area contributed by atoms with Crippen molar-refractivity contribution in [1.82, 2.24) is 4.90 Å². The fraction of sp³-hybridized carbons (Fsp3) is 0.222. The molecule has 0 saturated heterocycles. The van der Waals surface area contributed by atoms with Crippen LogP contribution in [-0.2, 0) is 11.3 Å². The van der Waals surface area contributed by atoms with Crippen molar-refractivity contribution in [3.63, 3.8) is 0 Å². The molecule has 0 aliphatic carbocycles. The van der Waals surface area contributed by atoms with Crippen LogP contribution in [0.5, 0.6) is 5.75 Å². The Kier molecular flexibility index (Phi) is 4.77. The zero-order valence-electron chi connectivity index (χ0n) is 14.1. The van der Waals surface area contributed by atoms with Crippen LogP contribution < -0.4 is 10.5 Å². The van der Waals surface area contributed by atoms with Gasteiger partial charge in [-0.2, -0.15) is 0 Å². The highest BCUT2D eigenvalue weighted by Crippen LogP contribution is 2.37. The van der Waals surface area contributed by atoms with E-state index in [-0.39, 0.29) is 6.42 Å². The quantitative estimate of drug-likeness (QED) is 0.491. The van der Waals surface area contributed by atoms with E-state index in [0.717, 1.165) is 4.90 Å². The fourth-order valence-electron chi connectivity index (χ4n) is 3.11. The van der Waals surface area contributed by atoms with Crippen molar-refractivity contribution in [3.8, 4) is 5.75 Å². The number of amides is 2. The number of nitrogens with two attached hydrogens (primary N) is 1. The van der Waals surface area contributed by atoms with Crippen LogP contribution in [0.3, 0.4) is 0 Å². The van der Waals surface area contributed by atoms with E-state index in [1.54, 1.807) is 24.3 Å². The number of ether oxygens (including phenoxy) is 1. The molecular formula is C18H14F4N2O3. The van der Waals surface area contributed by atoms with Gasteiger partial charge < -0.3 is 15.4 Å². The summed E-state index contributed by atoms with van der Waals surface area (Å²) >= 11 is 0. The number of carbonyl (C=O) groups excluding carboxylic acids is 2. The minimum absolute atomic E-state index is 0.347. The average molecular weight is 382 g/mol. The number of hydrogen-bond donors (Lipinski definition) is 1. The van der Waals surface area contributed by atoms with Gasteiger partial charge in [0, 0.05) is 5.56 Å². The molecule has 0 radical (unpaired) electrons. The lowest BCUT2D eigenvalue weighted by Crippen LogP contribution is -2.32. The number of carbonyl (C=O) groups is 2. The fourth-order valence-corrected chi connectivity index (χ4v) is 3.11. The first-order chi connectivity index (χ1) is 12.8. The summed E-state index contributed by atoms with van der Waals surface area (Å²) in [6.07, 6.45) is -0.347. The number of hydrogen-bond acceptors (Lipinski definition) is 3. The Bertz CT molecular complexity index is 931. The Morgan fingerprint density at radius 2 is 1.70 bits per heavy atom. The minimum Gasteiger partial charge on any atom is -0.497 e. The van der Waals surface area contributed by atoms with E-state index in [1.165, 1.54) is 7.11 Å². The molecule has 1 unspecified atom stereocenters. The van der Waals surface area contributed by atoms with Crippen molar-refractivity contribution < 1.29 is 31.9 Å². The van der Waals surface area contributed by atoms with E-state index in [1.807, 2.05) is 0 Å². The summed E-state index contributed by atoms with van der Waals surface area (Å²) in [5.74, 6) is -8.75. The Morgan fingerprint density at radius 1 is 1.11 bits per heavy atom. The van der Waals surface area contributed by atoms with Crippen LogP contribution >= 0.6 is 0 Å². The summed E-state index contributed by atoms with van der Waals surface area (Å²) < 4.78 is 60.2. The minimum atomic E-state index is -2.06. The Balaban J connectivity index is 2.06. The maximum atomic E-state index is 14.1. The summed E-state index contributed by atoms with van der Waals surface area (Å²) in [4.78, 5) is 25.0. The normalized spacial score (nSPS) is 14.3. The van der Waals surface area contributed by atoms with E-state index in [4.69, 9.17) is 10.5 Å². The molecule has 9 heteroatoms. The SMILES string of the molecule is COc1ccc(C(CC(N)=O)N2Cc3c(F)c(F)c(F)c(F)c3C2=O)cc1. The molecule has 2 aromatic carbocycles. The molecule has 2 amide bonds. The molecule has 1 heterocycles. The van der Waals surface area contributed by atoms with Gasteiger partial charge in [0.2, 0.25) is 5.91 Å². The zero-order valence-corrected chi connectivity index (χ0v) is 14.1. The first-order valence-electron chi connectivity index (χ1n) is 7.84. The lowest BCUT2D eigenvalue weighted by Gasteiger charge is -2.27. The summed E-state index contributed by atoms with van der Waals surface area (Å²) in [6.45, 7) is -0.530. The van der Waals surface area contributed by atoms with Crippen LogP contribution in [0.15, 0.2) is 24.3 Å². The van der Waals surface area contributed by atoms with E-state index >= 15 is 0 Å². The standard InChI is InChI=1S/C18H14F4N2O3/c1-27-9-4-2-8(3-5-9)11(6-12(23)25)24-7-10-13(18(24)26)15(20)17(22)16(21)14(10)19/h2-5,11H,6-7H2,1H3,(H2,23,25). The van der Waals surface area contributed by atoms with Crippen molar-refractivity contribution >= 4 is 11.8 Å². The second-order valence-corrected chi connectivity index (χ2v) is 6.00. The summed E-state index contributed by atoms with van der Waals surface area (Å²) in [5.41, 5.74) is 4.21. The van der Waals surface area contributed by atoms with Gasteiger partial charge in [-0.1, -0.05) is 12.1 Å². The van der Waals surface area contributed by atoms with Gasteiger partial charge in [0.1, 0.15) is 5.75 Å². The van der Waals surface area contributed by atoms with Gasteiger partial charge in [-0.15, -0.1) is 0 Å². The first-order valence-corrected chi connectivity index (χ1v) is 7.84. The Morgan fingerprint density at radius 3 is 2.26 bits per heavy atom. The lowest BCUT2D eigenvalue weighted by molar-refractivity contribution is -0.119. The van der Waals surface area contributed by atoms with Crippen LogP contribution in [0.1, 0.15) is 33.9 Å². The molecule has 27 heavy (non-hydrogen) atoms. The van der Waals surface area contributed by atoms with Gasteiger partial charge in [-0.3, -0.25) is 9.59 Å². The maximum Gasteiger partial charge on any atom is 0.258 e. The number of fused-ring (bicyclic) bond motifs is 1. The highest BCUT2D eigenvalue weighted by atomic mass is 19.2. The number of benzene rings is 2. The molecule has 1 aliphatic rings. The van der Waals surface area contributed by atoms with E-state index in [9.17, 15) is 27.2 Å². The van der Waals surface area contributed by atoms with Gasteiger partial charge in [0.25, 0.3) is 5.91 Å². The molecule has 0 saturated carbocycles. The maximum absolute atomic E-state index is 14.1. The van der Waals surface area contributed by atoms with Crippen molar-refractivity contribution in [1.29, 1.82) is 0 Å². The van der Waals surface area contributed by atoms with Gasteiger partial charge >= 0.3 is 0 Å². The molecule has 0 spiro atoms. The molecule has 1 aliphatic heterocycles.